The molecule has 0 spiro atoms. The maximum absolute atomic E-state index is 12.8. The molecule has 0 amide bonds. The van der Waals surface area contributed by atoms with Crippen molar-refractivity contribution in [1.29, 1.82) is 0 Å². The van der Waals surface area contributed by atoms with Crippen molar-refractivity contribution in [1.82, 2.24) is 24.6 Å². The third-order valence-corrected chi connectivity index (χ3v) is 5.45. The minimum Gasteiger partial charge on any atom is -0.369 e. The SMILES string of the molecule is CN1CCN(c2ccc3nc(-c4ccc5nn(C)cc5c4)[nH]c(=O)c3c2)CC1. The Morgan fingerprint density at radius 2 is 1.75 bits per heavy atom. The quantitative estimate of drug-likeness (QED) is 0.583. The molecule has 3 heterocycles. The smallest absolute Gasteiger partial charge is 0.259 e. The second-order valence-corrected chi connectivity index (χ2v) is 7.48. The number of hydrogen-bond donors (Lipinski definition) is 1. The van der Waals surface area contributed by atoms with E-state index in [1.807, 2.05) is 43.6 Å². The number of aromatic amines is 1. The third-order valence-electron chi connectivity index (χ3n) is 5.45. The van der Waals surface area contributed by atoms with Crippen LogP contribution in [0.15, 0.2) is 47.4 Å². The highest BCUT2D eigenvalue weighted by Gasteiger charge is 2.16. The van der Waals surface area contributed by atoms with E-state index >= 15 is 0 Å². The summed E-state index contributed by atoms with van der Waals surface area (Å²) in [5, 5.41) is 6.04. The van der Waals surface area contributed by atoms with Gasteiger partial charge in [0, 0.05) is 56.1 Å². The molecule has 5 rings (SSSR count). The lowest BCUT2D eigenvalue weighted by Crippen LogP contribution is -2.44. The molecule has 2 aromatic heterocycles. The van der Waals surface area contributed by atoms with E-state index in [1.165, 1.54) is 0 Å². The van der Waals surface area contributed by atoms with Gasteiger partial charge in [-0.25, -0.2) is 4.98 Å². The van der Waals surface area contributed by atoms with Crippen molar-refractivity contribution in [2.45, 2.75) is 0 Å². The Morgan fingerprint density at radius 3 is 2.57 bits per heavy atom. The van der Waals surface area contributed by atoms with Gasteiger partial charge in [-0.2, -0.15) is 5.10 Å². The Morgan fingerprint density at radius 1 is 0.964 bits per heavy atom. The van der Waals surface area contributed by atoms with Crippen LogP contribution >= 0.6 is 0 Å². The van der Waals surface area contributed by atoms with E-state index < -0.39 is 0 Å². The van der Waals surface area contributed by atoms with Gasteiger partial charge >= 0.3 is 0 Å². The number of nitrogens with zero attached hydrogens (tertiary/aromatic N) is 5. The first-order chi connectivity index (χ1) is 13.6. The number of piperazine rings is 1. The van der Waals surface area contributed by atoms with E-state index in [1.54, 1.807) is 4.68 Å². The fraction of sp³-hybridized carbons (Fsp3) is 0.286. The van der Waals surface area contributed by atoms with Crippen molar-refractivity contribution in [2.24, 2.45) is 7.05 Å². The number of anilines is 1. The number of hydrogen-bond acceptors (Lipinski definition) is 5. The van der Waals surface area contributed by atoms with Gasteiger partial charge in [-0.15, -0.1) is 0 Å². The molecule has 1 saturated heterocycles. The van der Waals surface area contributed by atoms with E-state index in [0.29, 0.717) is 16.7 Å². The standard InChI is InChI=1S/C21H22N6O/c1-25-7-9-27(10-8-25)16-4-6-19-17(12-16)21(28)23-20(22-19)14-3-5-18-15(11-14)13-26(2)24-18/h3-6,11-13H,7-10H2,1-2H3,(H,22,23,28). The summed E-state index contributed by atoms with van der Waals surface area (Å²) in [5.41, 5.74) is 3.48. The summed E-state index contributed by atoms with van der Waals surface area (Å²) < 4.78 is 1.78. The summed E-state index contributed by atoms with van der Waals surface area (Å²) in [6, 6.07) is 11.9. The largest absolute Gasteiger partial charge is 0.369 e. The van der Waals surface area contributed by atoms with Crippen LogP contribution < -0.4 is 10.5 Å². The molecule has 142 valence electrons. The molecule has 0 atom stereocenters. The summed E-state index contributed by atoms with van der Waals surface area (Å²) >= 11 is 0. The van der Waals surface area contributed by atoms with Crippen LogP contribution in [0.1, 0.15) is 0 Å². The van der Waals surface area contributed by atoms with Crippen molar-refractivity contribution in [3.63, 3.8) is 0 Å². The van der Waals surface area contributed by atoms with Gasteiger partial charge in [-0.1, -0.05) is 0 Å². The highest BCUT2D eigenvalue weighted by Crippen LogP contribution is 2.24. The first-order valence-corrected chi connectivity index (χ1v) is 9.48. The van der Waals surface area contributed by atoms with Crippen molar-refractivity contribution >= 4 is 27.5 Å². The predicted molar refractivity (Wildman–Crippen MR) is 112 cm³/mol. The van der Waals surface area contributed by atoms with Crippen LogP contribution in [0.5, 0.6) is 0 Å². The van der Waals surface area contributed by atoms with Crippen molar-refractivity contribution < 1.29 is 0 Å². The Balaban J connectivity index is 1.54. The molecule has 0 aliphatic carbocycles. The molecule has 0 radical (unpaired) electrons. The first-order valence-electron chi connectivity index (χ1n) is 9.48. The minimum absolute atomic E-state index is 0.109. The molecular formula is C21H22N6O. The van der Waals surface area contributed by atoms with Gasteiger partial charge in [-0.05, 0) is 43.4 Å². The topological polar surface area (TPSA) is 70.1 Å². The average molecular weight is 374 g/mol. The second-order valence-electron chi connectivity index (χ2n) is 7.48. The lowest BCUT2D eigenvalue weighted by atomic mass is 10.1. The molecule has 7 heteroatoms. The van der Waals surface area contributed by atoms with Crippen LogP contribution in [0.4, 0.5) is 5.69 Å². The number of likely N-dealkylation sites (N-methyl/N-ethyl adjacent to an activating group) is 1. The normalized spacial score (nSPS) is 15.6. The van der Waals surface area contributed by atoms with Gasteiger partial charge in [0.05, 0.1) is 16.4 Å². The lowest BCUT2D eigenvalue weighted by Gasteiger charge is -2.34. The zero-order valence-corrected chi connectivity index (χ0v) is 16.0. The molecular weight excluding hydrogens is 352 g/mol. The lowest BCUT2D eigenvalue weighted by molar-refractivity contribution is 0.313. The first kappa shape index (κ1) is 16.9. The zero-order valence-electron chi connectivity index (χ0n) is 16.0. The molecule has 0 bridgehead atoms. The van der Waals surface area contributed by atoms with Crippen molar-refractivity contribution in [2.75, 3.05) is 38.1 Å². The van der Waals surface area contributed by atoms with E-state index in [2.05, 4.69) is 33.0 Å². The van der Waals surface area contributed by atoms with Crippen LogP contribution in [-0.2, 0) is 7.05 Å². The molecule has 7 nitrogen and oxygen atoms in total. The molecule has 0 saturated carbocycles. The average Bonchev–Trinajstić information content (AvgIpc) is 3.07. The maximum Gasteiger partial charge on any atom is 0.259 e. The maximum atomic E-state index is 12.8. The third kappa shape index (κ3) is 2.93. The van der Waals surface area contributed by atoms with Gasteiger partial charge in [0.2, 0.25) is 0 Å². The molecule has 28 heavy (non-hydrogen) atoms. The number of H-pyrrole nitrogens is 1. The van der Waals surface area contributed by atoms with Gasteiger partial charge in [0.25, 0.3) is 5.56 Å². The van der Waals surface area contributed by atoms with Gasteiger partial charge in [-0.3, -0.25) is 9.48 Å². The Bertz CT molecular complexity index is 1230. The monoisotopic (exact) mass is 374 g/mol. The number of aryl methyl sites for hydroxylation is 1. The second kappa shape index (κ2) is 6.45. The number of aromatic nitrogens is 4. The van der Waals surface area contributed by atoms with Crippen LogP contribution in [0.2, 0.25) is 0 Å². The summed E-state index contributed by atoms with van der Waals surface area (Å²) in [4.78, 5) is 25.1. The van der Waals surface area contributed by atoms with Gasteiger partial charge in [0.1, 0.15) is 5.82 Å². The molecule has 1 aliphatic rings. The van der Waals surface area contributed by atoms with Crippen molar-refractivity contribution in [3.05, 3.63) is 52.9 Å². The summed E-state index contributed by atoms with van der Waals surface area (Å²) in [7, 11) is 4.03. The van der Waals surface area contributed by atoms with Crippen LogP contribution in [-0.4, -0.2) is 57.9 Å². The zero-order chi connectivity index (χ0) is 19.3. The molecule has 4 aromatic rings. The molecule has 1 N–H and O–H groups in total. The van der Waals surface area contributed by atoms with Crippen molar-refractivity contribution in [3.8, 4) is 11.4 Å². The van der Waals surface area contributed by atoms with E-state index in [0.717, 1.165) is 48.3 Å². The molecule has 1 aliphatic heterocycles. The molecule has 2 aromatic carbocycles. The van der Waals surface area contributed by atoms with Gasteiger partial charge < -0.3 is 14.8 Å². The van der Waals surface area contributed by atoms with E-state index in [4.69, 9.17) is 4.98 Å². The number of fused-ring (bicyclic) bond motifs is 2. The Kier molecular flexibility index (Phi) is 3.91. The van der Waals surface area contributed by atoms with Crippen LogP contribution in [0, 0.1) is 0 Å². The van der Waals surface area contributed by atoms with E-state index in [9.17, 15) is 4.79 Å². The summed E-state index contributed by atoms with van der Waals surface area (Å²) in [6.07, 6.45) is 1.96. The fourth-order valence-electron chi connectivity index (χ4n) is 3.82. The molecule has 1 fully saturated rings. The Labute approximate surface area is 162 Å². The number of nitrogens with one attached hydrogen (secondary N) is 1. The van der Waals surface area contributed by atoms with Crippen LogP contribution in [0.3, 0.4) is 0 Å². The van der Waals surface area contributed by atoms with Crippen LogP contribution in [0.25, 0.3) is 33.2 Å². The van der Waals surface area contributed by atoms with E-state index in [-0.39, 0.29) is 5.56 Å². The van der Waals surface area contributed by atoms with Gasteiger partial charge in [0.15, 0.2) is 0 Å². The minimum atomic E-state index is -0.109. The number of rotatable bonds is 2. The Hall–Kier alpha value is -3.19. The predicted octanol–water partition coefficient (Wildman–Crippen LogP) is 2.23. The number of benzene rings is 2. The molecule has 0 unspecified atom stereocenters. The summed E-state index contributed by atoms with van der Waals surface area (Å²) in [6.45, 7) is 4.00. The summed E-state index contributed by atoms with van der Waals surface area (Å²) in [5.74, 6) is 0.579. The fourth-order valence-corrected chi connectivity index (χ4v) is 3.82. The highest BCUT2D eigenvalue weighted by atomic mass is 16.1. The highest BCUT2D eigenvalue weighted by molar-refractivity contribution is 5.86.